The van der Waals surface area contributed by atoms with Crippen molar-refractivity contribution in [1.82, 2.24) is 4.98 Å². The van der Waals surface area contributed by atoms with Crippen LogP contribution in [0, 0.1) is 6.92 Å². The molecule has 1 aromatic carbocycles. The molecule has 0 atom stereocenters. The monoisotopic (exact) mass is 315 g/mol. The van der Waals surface area contributed by atoms with Gasteiger partial charge in [-0.25, -0.2) is 0 Å². The Labute approximate surface area is 98.2 Å². The van der Waals surface area contributed by atoms with E-state index in [1.54, 1.807) is 12.1 Å². The number of aryl methyl sites for hydroxylation is 1. The first-order valence-corrected chi connectivity index (χ1v) is 5.62. The molecule has 1 N–H and O–H groups in total. The van der Waals surface area contributed by atoms with Crippen LogP contribution >= 0.6 is 31.9 Å². The van der Waals surface area contributed by atoms with Gasteiger partial charge in [-0.15, -0.1) is 0 Å². The molecule has 0 amide bonds. The summed E-state index contributed by atoms with van der Waals surface area (Å²) in [7, 11) is 0. The second kappa shape index (κ2) is 3.51. The molecular weight excluding hydrogens is 310 g/mol. The zero-order valence-corrected chi connectivity index (χ0v) is 10.6. The molecule has 0 fully saturated rings. The summed E-state index contributed by atoms with van der Waals surface area (Å²) in [6.07, 6.45) is 0. The molecule has 1 aromatic heterocycles. The van der Waals surface area contributed by atoms with Gasteiger partial charge in [0, 0.05) is 15.6 Å². The Balaban J connectivity index is 2.95. The maximum Gasteiger partial charge on any atom is 0.130 e. The second-order valence-corrected chi connectivity index (χ2v) is 4.69. The number of hydrogen-bond acceptors (Lipinski definition) is 2. The number of phenols is 1. The Morgan fingerprint density at radius 1 is 1.29 bits per heavy atom. The van der Waals surface area contributed by atoms with Gasteiger partial charge in [0.25, 0.3) is 0 Å². The molecule has 0 saturated heterocycles. The molecule has 2 aromatic rings. The topological polar surface area (TPSA) is 33.1 Å². The number of halogens is 2. The highest BCUT2D eigenvalue weighted by molar-refractivity contribution is 9.11. The molecule has 0 aliphatic heterocycles. The van der Waals surface area contributed by atoms with Crippen molar-refractivity contribution in [2.45, 2.75) is 6.92 Å². The molecule has 14 heavy (non-hydrogen) atoms. The third kappa shape index (κ3) is 1.53. The van der Waals surface area contributed by atoms with Crippen molar-refractivity contribution in [3.8, 4) is 5.75 Å². The summed E-state index contributed by atoms with van der Waals surface area (Å²) in [5.74, 6) is 0.226. The number of aromatic nitrogens is 1. The molecule has 0 bridgehead atoms. The number of fused-ring (bicyclic) bond motifs is 1. The van der Waals surface area contributed by atoms with Gasteiger partial charge in [0.05, 0.1) is 9.99 Å². The van der Waals surface area contributed by atoms with Crippen LogP contribution in [0.5, 0.6) is 5.75 Å². The lowest BCUT2D eigenvalue weighted by Crippen LogP contribution is -1.86. The highest BCUT2D eigenvalue weighted by Crippen LogP contribution is 2.36. The second-order valence-electron chi connectivity index (χ2n) is 3.04. The van der Waals surface area contributed by atoms with Gasteiger partial charge < -0.3 is 5.11 Å². The van der Waals surface area contributed by atoms with E-state index in [2.05, 4.69) is 36.8 Å². The molecule has 1 heterocycles. The van der Waals surface area contributed by atoms with Gasteiger partial charge >= 0.3 is 0 Å². The summed E-state index contributed by atoms with van der Waals surface area (Å²) in [6.45, 7) is 1.94. The number of hydrogen-bond donors (Lipinski definition) is 1. The van der Waals surface area contributed by atoms with Gasteiger partial charge in [-0.05, 0) is 57.0 Å². The molecule has 0 aliphatic carbocycles. The molecule has 0 aliphatic rings. The van der Waals surface area contributed by atoms with Crippen molar-refractivity contribution >= 4 is 42.8 Å². The molecule has 0 saturated carbocycles. The number of nitrogens with zero attached hydrogens (tertiary/aromatic N) is 1. The molecule has 72 valence electrons. The van der Waals surface area contributed by atoms with Crippen LogP contribution in [0.3, 0.4) is 0 Å². The van der Waals surface area contributed by atoms with Crippen LogP contribution < -0.4 is 0 Å². The summed E-state index contributed by atoms with van der Waals surface area (Å²) in [4.78, 5) is 4.37. The summed E-state index contributed by atoms with van der Waals surface area (Å²) in [5, 5.41) is 10.4. The minimum absolute atomic E-state index is 0.226. The lowest BCUT2D eigenvalue weighted by atomic mass is 10.2. The lowest BCUT2D eigenvalue weighted by molar-refractivity contribution is 0.473. The van der Waals surface area contributed by atoms with Gasteiger partial charge in [0.2, 0.25) is 0 Å². The Morgan fingerprint density at radius 2 is 2.00 bits per heavy atom. The van der Waals surface area contributed by atoms with E-state index in [-0.39, 0.29) is 5.75 Å². The summed E-state index contributed by atoms with van der Waals surface area (Å²) in [6, 6.07) is 5.35. The van der Waals surface area contributed by atoms with E-state index in [0.717, 1.165) is 21.1 Å². The van der Waals surface area contributed by atoms with Crippen molar-refractivity contribution in [2.24, 2.45) is 0 Å². The van der Waals surface area contributed by atoms with Crippen molar-refractivity contribution in [2.75, 3.05) is 0 Å². The van der Waals surface area contributed by atoms with Crippen LogP contribution in [0.25, 0.3) is 10.9 Å². The van der Waals surface area contributed by atoms with Gasteiger partial charge in [-0.2, -0.15) is 0 Å². The molecular formula is C10H7Br2NO. The van der Waals surface area contributed by atoms with E-state index in [1.165, 1.54) is 0 Å². The molecule has 0 spiro atoms. The summed E-state index contributed by atoms with van der Waals surface area (Å²) >= 11 is 6.79. The zero-order valence-electron chi connectivity index (χ0n) is 7.38. The average Bonchev–Trinajstić information content (AvgIpc) is 2.10. The van der Waals surface area contributed by atoms with Crippen LogP contribution in [-0.4, -0.2) is 10.1 Å². The van der Waals surface area contributed by atoms with Gasteiger partial charge in [-0.3, -0.25) is 4.98 Å². The van der Waals surface area contributed by atoms with Crippen LogP contribution in [0.15, 0.2) is 27.1 Å². The van der Waals surface area contributed by atoms with E-state index in [4.69, 9.17) is 0 Å². The fourth-order valence-electron chi connectivity index (χ4n) is 1.35. The van der Waals surface area contributed by atoms with Gasteiger partial charge in [0.1, 0.15) is 5.75 Å². The number of pyridine rings is 1. The average molecular weight is 317 g/mol. The molecule has 2 nitrogen and oxygen atoms in total. The number of aromatic hydroxyl groups is 1. The van der Waals surface area contributed by atoms with Crippen LogP contribution in [-0.2, 0) is 0 Å². The van der Waals surface area contributed by atoms with E-state index >= 15 is 0 Å². The standard InChI is InChI=1S/C10H7Br2NO/c1-5-4-6(11)9-7(13-5)2-3-8(14)10(9)12/h2-4,14H,1H3. The fourth-order valence-corrected chi connectivity index (χ4v) is 2.90. The number of rotatable bonds is 0. The Kier molecular flexibility index (Phi) is 2.49. The normalized spacial score (nSPS) is 10.8. The van der Waals surface area contributed by atoms with Crippen LogP contribution in [0.1, 0.15) is 5.69 Å². The first-order chi connectivity index (χ1) is 6.59. The number of benzene rings is 1. The highest BCUT2D eigenvalue weighted by atomic mass is 79.9. The van der Waals surface area contributed by atoms with Crippen molar-refractivity contribution in [3.05, 3.63) is 32.8 Å². The third-order valence-corrected chi connectivity index (χ3v) is 3.40. The zero-order chi connectivity index (χ0) is 10.3. The molecule has 4 heteroatoms. The predicted molar refractivity (Wildman–Crippen MR) is 63.5 cm³/mol. The van der Waals surface area contributed by atoms with Crippen molar-refractivity contribution in [1.29, 1.82) is 0 Å². The first kappa shape index (κ1) is 9.93. The molecule has 2 rings (SSSR count). The minimum Gasteiger partial charge on any atom is -0.507 e. The Morgan fingerprint density at radius 3 is 2.71 bits per heavy atom. The van der Waals surface area contributed by atoms with E-state index in [9.17, 15) is 5.11 Å². The lowest BCUT2D eigenvalue weighted by Gasteiger charge is -2.05. The van der Waals surface area contributed by atoms with Gasteiger partial charge in [-0.1, -0.05) is 0 Å². The molecule has 0 unspecified atom stereocenters. The smallest absolute Gasteiger partial charge is 0.130 e. The Bertz CT molecular complexity index is 511. The fraction of sp³-hybridized carbons (Fsp3) is 0.100. The van der Waals surface area contributed by atoms with E-state index in [1.807, 2.05) is 13.0 Å². The van der Waals surface area contributed by atoms with Crippen molar-refractivity contribution in [3.63, 3.8) is 0 Å². The van der Waals surface area contributed by atoms with E-state index in [0.29, 0.717) is 4.47 Å². The molecule has 0 radical (unpaired) electrons. The quantitative estimate of drug-likeness (QED) is 0.802. The van der Waals surface area contributed by atoms with Crippen LogP contribution in [0.4, 0.5) is 0 Å². The highest BCUT2D eigenvalue weighted by Gasteiger charge is 2.08. The largest absolute Gasteiger partial charge is 0.507 e. The maximum atomic E-state index is 9.52. The van der Waals surface area contributed by atoms with Gasteiger partial charge in [0.15, 0.2) is 0 Å². The summed E-state index contributed by atoms with van der Waals surface area (Å²) in [5.41, 5.74) is 1.81. The third-order valence-electron chi connectivity index (χ3n) is 1.97. The predicted octanol–water partition coefficient (Wildman–Crippen LogP) is 3.77. The van der Waals surface area contributed by atoms with Crippen LogP contribution in [0.2, 0.25) is 0 Å². The minimum atomic E-state index is 0.226. The van der Waals surface area contributed by atoms with E-state index < -0.39 is 0 Å². The SMILES string of the molecule is Cc1cc(Br)c2c(Br)c(O)ccc2n1. The maximum absolute atomic E-state index is 9.52. The summed E-state index contributed by atoms with van der Waals surface area (Å²) < 4.78 is 1.61. The van der Waals surface area contributed by atoms with Crippen molar-refractivity contribution < 1.29 is 5.11 Å². The first-order valence-electron chi connectivity index (χ1n) is 4.04. The number of phenolic OH excluding ortho intramolecular Hbond substituents is 1. The Hall–Kier alpha value is -0.610.